The van der Waals surface area contributed by atoms with E-state index in [0.29, 0.717) is 19.0 Å². The summed E-state index contributed by atoms with van der Waals surface area (Å²) < 4.78 is 3.91. The zero-order valence-electron chi connectivity index (χ0n) is 18.1. The van der Waals surface area contributed by atoms with Crippen molar-refractivity contribution in [3.8, 4) is 16.9 Å². The van der Waals surface area contributed by atoms with Gasteiger partial charge in [0, 0.05) is 30.6 Å². The quantitative estimate of drug-likeness (QED) is 0.490. The molecule has 2 aliphatic rings. The predicted octanol–water partition coefficient (Wildman–Crippen LogP) is 4.35. The van der Waals surface area contributed by atoms with Crippen LogP contribution in [0.4, 0.5) is 0 Å². The molecule has 4 aromatic rings. The van der Waals surface area contributed by atoms with Gasteiger partial charge in [-0.05, 0) is 31.4 Å². The van der Waals surface area contributed by atoms with Crippen molar-refractivity contribution < 1.29 is 4.79 Å². The molecule has 6 heteroatoms. The van der Waals surface area contributed by atoms with Crippen LogP contribution in [0.15, 0.2) is 66.9 Å². The zero-order valence-corrected chi connectivity index (χ0v) is 18.1. The first-order chi connectivity index (χ1) is 15.7. The summed E-state index contributed by atoms with van der Waals surface area (Å²) in [5.41, 5.74) is 7.35. The Morgan fingerprint density at radius 2 is 1.72 bits per heavy atom. The number of para-hydroxylation sites is 1. The van der Waals surface area contributed by atoms with Gasteiger partial charge in [0.1, 0.15) is 0 Å². The Hall–Kier alpha value is -3.67. The fraction of sp³-hybridized carbons (Fsp3) is 0.269. The van der Waals surface area contributed by atoms with Gasteiger partial charge < -0.3 is 4.90 Å². The standard InChI is InChI=1S/C26H25N5O/c1-29-24(19-12-13-19)22(16-27-29)26(32)30-15-14-21-23(17-30)28-31(20-10-6-3-7-11-20)25(21)18-8-4-2-5-9-18/h2-11,16,19H,12-15,17H2,1H3. The lowest BCUT2D eigenvalue weighted by molar-refractivity contribution is 0.0731. The summed E-state index contributed by atoms with van der Waals surface area (Å²) in [5.74, 6) is 0.546. The van der Waals surface area contributed by atoms with Crippen molar-refractivity contribution in [1.82, 2.24) is 24.5 Å². The van der Waals surface area contributed by atoms with Crippen molar-refractivity contribution in [2.45, 2.75) is 31.7 Å². The van der Waals surface area contributed by atoms with Gasteiger partial charge in [0.15, 0.2) is 0 Å². The largest absolute Gasteiger partial charge is 0.332 e. The highest BCUT2D eigenvalue weighted by Gasteiger charge is 2.35. The maximum atomic E-state index is 13.4. The van der Waals surface area contributed by atoms with Gasteiger partial charge in [0.25, 0.3) is 5.91 Å². The SMILES string of the molecule is Cn1ncc(C(=O)N2CCc3c(nn(-c4ccccc4)c3-c3ccccc3)C2)c1C1CC1. The van der Waals surface area contributed by atoms with Crippen molar-refractivity contribution in [3.05, 3.63) is 89.4 Å². The monoisotopic (exact) mass is 423 g/mol. The van der Waals surface area contributed by atoms with Crippen LogP contribution < -0.4 is 0 Å². The maximum absolute atomic E-state index is 13.4. The lowest BCUT2D eigenvalue weighted by Crippen LogP contribution is -2.36. The minimum Gasteiger partial charge on any atom is -0.332 e. The van der Waals surface area contributed by atoms with Crippen LogP contribution >= 0.6 is 0 Å². The Morgan fingerprint density at radius 3 is 2.44 bits per heavy atom. The summed E-state index contributed by atoms with van der Waals surface area (Å²) in [5, 5.41) is 9.39. The van der Waals surface area contributed by atoms with E-state index in [0.717, 1.165) is 53.2 Å². The summed E-state index contributed by atoms with van der Waals surface area (Å²) in [6.45, 7) is 1.21. The number of carbonyl (C=O) groups is 1. The number of hydrogen-bond acceptors (Lipinski definition) is 3. The molecule has 1 fully saturated rings. The van der Waals surface area contributed by atoms with Gasteiger partial charge in [0.2, 0.25) is 0 Å². The van der Waals surface area contributed by atoms with Gasteiger partial charge in [0.05, 0.1) is 41.1 Å². The molecule has 1 aliphatic heterocycles. The van der Waals surface area contributed by atoms with Gasteiger partial charge in [-0.1, -0.05) is 48.5 Å². The molecule has 1 amide bonds. The van der Waals surface area contributed by atoms with E-state index in [-0.39, 0.29) is 5.91 Å². The Morgan fingerprint density at radius 1 is 1.00 bits per heavy atom. The normalized spacial score (nSPS) is 15.6. The first kappa shape index (κ1) is 19.0. The van der Waals surface area contributed by atoms with Crippen LogP contribution in [0, 0.1) is 0 Å². The molecular weight excluding hydrogens is 398 g/mol. The van der Waals surface area contributed by atoms with Gasteiger partial charge in [-0.15, -0.1) is 0 Å². The molecule has 1 aliphatic carbocycles. The Kier molecular flexibility index (Phi) is 4.45. The Labute approximate surface area is 187 Å². The molecule has 6 rings (SSSR count). The molecule has 0 spiro atoms. The summed E-state index contributed by atoms with van der Waals surface area (Å²) in [4.78, 5) is 15.4. The van der Waals surface area contributed by atoms with Crippen LogP contribution in [0.3, 0.4) is 0 Å². The maximum Gasteiger partial charge on any atom is 0.257 e. The van der Waals surface area contributed by atoms with Crippen LogP contribution in [0.1, 0.15) is 46.1 Å². The van der Waals surface area contributed by atoms with Crippen LogP contribution in [0.2, 0.25) is 0 Å². The van der Waals surface area contributed by atoms with E-state index in [1.807, 2.05) is 45.6 Å². The van der Waals surface area contributed by atoms with E-state index in [1.54, 1.807) is 6.20 Å². The molecule has 3 heterocycles. The van der Waals surface area contributed by atoms with Gasteiger partial charge in [-0.2, -0.15) is 10.2 Å². The van der Waals surface area contributed by atoms with Crippen molar-refractivity contribution in [3.63, 3.8) is 0 Å². The first-order valence-electron chi connectivity index (χ1n) is 11.2. The summed E-state index contributed by atoms with van der Waals surface area (Å²) in [6, 6.07) is 20.6. The number of rotatable bonds is 4. The van der Waals surface area contributed by atoms with Crippen molar-refractivity contribution >= 4 is 5.91 Å². The number of aromatic nitrogens is 4. The fourth-order valence-corrected chi connectivity index (χ4v) is 4.84. The number of fused-ring (bicyclic) bond motifs is 1. The molecule has 2 aromatic carbocycles. The molecular formula is C26H25N5O. The number of hydrogen-bond donors (Lipinski definition) is 0. The van der Waals surface area contributed by atoms with Crippen molar-refractivity contribution in [2.75, 3.05) is 6.54 Å². The Balaban J connectivity index is 1.39. The van der Waals surface area contributed by atoms with Crippen molar-refractivity contribution in [1.29, 1.82) is 0 Å². The van der Waals surface area contributed by atoms with E-state index in [9.17, 15) is 4.79 Å². The third-order valence-corrected chi connectivity index (χ3v) is 6.55. The highest BCUT2D eigenvalue weighted by atomic mass is 16.2. The van der Waals surface area contributed by atoms with Crippen LogP contribution in [-0.4, -0.2) is 36.9 Å². The van der Waals surface area contributed by atoms with Gasteiger partial charge in [-0.25, -0.2) is 4.68 Å². The average Bonchev–Trinajstić information content (AvgIpc) is 3.49. The van der Waals surface area contributed by atoms with Gasteiger partial charge in [-0.3, -0.25) is 9.48 Å². The number of nitrogens with zero attached hydrogens (tertiary/aromatic N) is 5. The van der Waals surface area contributed by atoms with E-state index in [4.69, 9.17) is 5.10 Å². The number of benzene rings is 2. The second-order valence-electron chi connectivity index (χ2n) is 8.71. The lowest BCUT2D eigenvalue weighted by atomic mass is 9.99. The fourth-order valence-electron chi connectivity index (χ4n) is 4.84. The molecule has 32 heavy (non-hydrogen) atoms. The van der Waals surface area contributed by atoms with Gasteiger partial charge >= 0.3 is 0 Å². The number of amides is 1. The van der Waals surface area contributed by atoms with Crippen LogP contribution in [-0.2, 0) is 20.0 Å². The molecule has 6 nitrogen and oxygen atoms in total. The molecule has 0 bridgehead atoms. The summed E-state index contributed by atoms with van der Waals surface area (Å²) in [7, 11) is 1.94. The molecule has 0 N–H and O–H groups in total. The Bertz CT molecular complexity index is 1280. The van der Waals surface area contributed by atoms with Crippen molar-refractivity contribution in [2.24, 2.45) is 7.05 Å². The molecule has 2 aromatic heterocycles. The smallest absolute Gasteiger partial charge is 0.257 e. The third kappa shape index (κ3) is 3.14. The molecule has 1 saturated carbocycles. The number of carbonyl (C=O) groups excluding carboxylic acids is 1. The highest BCUT2D eigenvalue weighted by molar-refractivity contribution is 5.95. The molecule has 0 radical (unpaired) electrons. The zero-order chi connectivity index (χ0) is 21.7. The average molecular weight is 424 g/mol. The van der Waals surface area contributed by atoms with E-state index >= 15 is 0 Å². The van der Waals surface area contributed by atoms with E-state index in [1.165, 1.54) is 5.56 Å². The topological polar surface area (TPSA) is 56.0 Å². The van der Waals surface area contributed by atoms with Crippen LogP contribution in [0.5, 0.6) is 0 Å². The lowest BCUT2D eigenvalue weighted by Gasteiger charge is -2.26. The van der Waals surface area contributed by atoms with E-state index in [2.05, 4.69) is 41.5 Å². The summed E-state index contributed by atoms with van der Waals surface area (Å²) >= 11 is 0. The second-order valence-corrected chi connectivity index (χ2v) is 8.71. The molecule has 0 unspecified atom stereocenters. The minimum absolute atomic E-state index is 0.0705. The first-order valence-corrected chi connectivity index (χ1v) is 11.2. The third-order valence-electron chi connectivity index (χ3n) is 6.55. The highest BCUT2D eigenvalue weighted by Crippen LogP contribution is 2.42. The molecule has 0 saturated heterocycles. The summed E-state index contributed by atoms with van der Waals surface area (Å²) in [6.07, 6.45) is 4.82. The molecule has 160 valence electrons. The predicted molar refractivity (Wildman–Crippen MR) is 123 cm³/mol. The minimum atomic E-state index is 0.0705. The van der Waals surface area contributed by atoms with E-state index < -0.39 is 0 Å². The van der Waals surface area contributed by atoms with Crippen LogP contribution in [0.25, 0.3) is 16.9 Å². The number of aryl methyl sites for hydroxylation is 1. The molecule has 0 atom stereocenters. The second kappa shape index (κ2) is 7.48.